The van der Waals surface area contributed by atoms with Gasteiger partial charge in [-0.05, 0) is 36.0 Å². The minimum absolute atomic E-state index is 0.162. The fourth-order valence-corrected chi connectivity index (χ4v) is 2.11. The first kappa shape index (κ1) is 11.6. The normalized spacial score (nSPS) is 24.2. The lowest BCUT2D eigenvalue weighted by Crippen LogP contribution is -2.17. The van der Waals surface area contributed by atoms with Gasteiger partial charge in [0, 0.05) is 5.88 Å². The summed E-state index contributed by atoms with van der Waals surface area (Å²) >= 11 is 5.68. The van der Waals surface area contributed by atoms with Gasteiger partial charge >= 0.3 is 6.36 Å². The third-order valence-electron chi connectivity index (χ3n) is 2.64. The molecule has 1 aromatic carbocycles. The predicted molar refractivity (Wildman–Crippen MR) is 54.7 cm³/mol. The van der Waals surface area contributed by atoms with Gasteiger partial charge < -0.3 is 4.74 Å². The number of hydrogen-bond donors (Lipinski definition) is 0. The fourth-order valence-electron chi connectivity index (χ4n) is 1.77. The molecule has 0 saturated heterocycles. The van der Waals surface area contributed by atoms with Gasteiger partial charge in [-0.2, -0.15) is 0 Å². The van der Waals surface area contributed by atoms with Crippen LogP contribution in [-0.2, 0) is 0 Å². The Kier molecular flexibility index (Phi) is 3.02. The van der Waals surface area contributed by atoms with E-state index in [-0.39, 0.29) is 11.7 Å². The molecular weight excluding hydrogens is 241 g/mol. The molecule has 0 N–H and O–H groups in total. The van der Waals surface area contributed by atoms with Crippen LogP contribution in [0.2, 0.25) is 0 Å². The van der Waals surface area contributed by atoms with Crippen molar-refractivity contribution in [3.63, 3.8) is 0 Å². The van der Waals surface area contributed by atoms with E-state index in [4.69, 9.17) is 11.6 Å². The number of rotatable bonds is 3. The van der Waals surface area contributed by atoms with Gasteiger partial charge in [-0.3, -0.25) is 0 Å². The van der Waals surface area contributed by atoms with Gasteiger partial charge in [-0.25, -0.2) is 0 Å². The summed E-state index contributed by atoms with van der Waals surface area (Å²) in [5, 5.41) is 0. The standard InChI is InChI=1S/C11H10ClF3O/c12-6-8-5-10(8)7-2-1-3-9(4-7)16-11(13,14)15/h1-4,8,10H,5-6H2. The highest BCUT2D eigenvalue weighted by atomic mass is 35.5. The van der Waals surface area contributed by atoms with Crippen LogP contribution in [0.3, 0.4) is 0 Å². The molecule has 0 aliphatic heterocycles. The molecule has 5 heteroatoms. The van der Waals surface area contributed by atoms with Crippen LogP contribution in [0.5, 0.6) is 5.75 Å². The van der Waals surface area contributed by atoms with Crippen molar-refractivity contribution in [1.82, 2.24) is 0 Å². The number of benzene rings is 1. The van der Waals surface area contributed by atoms with E-state index in [9.17, 15) is 13.2 Å². The molecule has 1 fully saturated rings. The van der Waals surface area contributed by atoms with Crippen molar-refractivity contribution in [2.45, 2.75) is 18.7 Å². The van der Waals surface area contributed by atoms with Crippen molar-refractivity contribution in [2.75, 3.05) is 5.88 Å². The Balaban J connectivity index is 2.09. The molecule has 88 valence electrons. The molecule has 0 bridgehead atoms. The summed E-state index contributed by atoms with van der Waals surface area (Å²) in [6.45, 7) is 0. The highest BCUT2D eigenvalue weighted by molar-refractivity contribution is 6.18. The number of ether oxygens (including phenoxy) is 1. The van der Waals surface area contributed by atoms with Crippen LogP contribution in [0.4, 0.5) is 13.2 Å². The van der Waals surface area contributed by atoms with Crippen molar-refractivity contribution in [1.29, 1.82) is 0 Å². The van der Waals surface area contributed by atoms with Gasteiger partial charge in [-0.15, -0.1) is 24.8 Å². The molecule has 1 nitrogen and oxygen atoms in total. The van der Waals surface area contributed by atoms with Crippen LogP contribution in [0.15, 0.2) is 24.3 Å². The maximum absolute atomic E-state index is 12.0. The Morgan fingerprint density at radius 1 is 1.38 bits per heavy atom. The SMILES string of the molecule is FC(F)(F)Oc1cccc(C2CC2CCl)c1. The molecule has 0 amide bonds. The summed E-state index contributed by atoms with van der Waals surface area (Å²) in [5.74, 6) is 1.07. The molecule has 0 spiro atoms. The van der Waals surface area contributed by atoms with Crippen LogP contribution >= 0.6 is 11.6 Å². The zero-order valence-corrected chi connectivity index (χ0v) is 9.05. The lowest BCUT2D eigenvalue weighted by molar-refractivity contribution is -0.274. The largest absolute Gasteiger partial charge is 0.573 e. The molecule has 0 radical (unpaired) electrons. The van der Waals surface area contributed by atoms with Crippen molar-refractivity contribution in [3.8, 4) is 5.75 Å². The minimum Gasteiger partial charge on any atom is -0.406 e. The summed E-state index contributed by atoms with van der Waals surface area (Å²) in [5.41, 5.74) is 0.868. The van der Waals surface area contributed by atoms with Crippen molar-refractivity contribution >= 4 is 11.6 Å². The van der Waals surface area contributed by atoms with E-state index in [1.165, 1.54) is 12.1 Å². The first-order chi connectivity index (χ1) is 7.49. The van der Waals surface area contributed by atoms with E-state index in [0.29, 0.717) is 11.8 Å². The first-order valence-electron chi connectivity index (χ1n) is 4.91. The molecule has 2 unspecified atom stereocenters. The second kappa shape index (κ2) is 4.17. The Labute approximate surface area is 96.2 Å². The summed E-state index contributed by atoms with van der Waals surface area (Å²) in [4.78, 5) is 0. The average molecular weight is 251 g/mol. The topological polar surface area (TPSA) is 9.23 Å². The number of alkyl halides is 4. The third kappa shape index (κ3) is 2.82. The Morgan fingerprint density at radius 3 is 2.69 bits per heavy atom. The maximum atomic E-state index is 12.0. The molecule has 1 saturated carbocycles. The molecule has 2 atom stereocenters. The Hall–Kier alpha value is -0.900. The lowest BCUT2D eigenvalue weighted by atomic mass is 10.1. The average Bonchev–Trinajstić information content (AvgIpc) is 2.94. The maximum Gasteiger partial charge on any atom is 0.573 e. The van der Waals surface area contributed by atoms with Crippen molar-refractivity contribution in [3.05, 3.63) is 29.8 Å². The fraction of sp³-hybridized carbons (Fsp3) is 0.455. The minimum atomic E-state index is -4.63. The Morgan fingerprint density at radius 2 is 2.12 bits per heavy atom. The summed E-state index contributed by atoms with van der Waals surface area (Å²) in [6, 6.07) is 6.11. The van der Waals surface area contributed by atoms with Crippen LogP contribution in [0.1, 0.15) is 17.9 Å². The predicted octanol–water partition coefficient (Wildman–Crippen LogP) is 3.93. The smallest absolute Gasteiger partial charge is 0.406 e. The first-order valence-corrected chi connectivity index (χ1v) is 5.45. The monoisotopic (exact) mass is 250 g/mol. The molecule has 0 heterocycles. The van der Waals surface area contributed by atoms with Crippen LogP contribution in [0.25, 0.3) is 0 Å². The summed E-state index contributed by atoms with van der Waals surface area (Å²) in [7, 11) is 0. The van der Waals surface area contributed by atoms with E-state index in [1.807, 2.05) is 0 Å². The summed E-state index contributed by atoms with van der Waals surface area (Å²) < 4.78 is 39.8. The zero-order chi connectivity index (χ0) is 11.8. The molecular formula is C11H10ClF3O. The van der Waals surface area contributed by atoms with Gasteiger partial charge in [-0.1, -0.05) is 12.1 Å². The van der Waals surface area contributed by atoms with Crippen LogP contribution in [-0.4, -0.2) is 12.2 Å². The molecule has 2 rings (SSSR count). The molecule has 0 aromatic heterocycles. The van der Waals surface area contributed by atoms with E-state index in [2.05, 4.69) is 4.74 Å². The molecule has 1 aromatic rings. The quantitative estimate of drug-likeness (QED) is 0.739. The van der Waals surface area contributed by atoms with E-state index >= 15 is 0 Å². The van der Waals surface area contributed by atoms with Gasteiger partial charge in [0.05, 0.1) is 0 Å². The molecule has 1 aliphatic carbocycles. The second-order valence-electron chi connectivity index (χ2n) is 3.88. The van der Waals surface area contributed by atoms with E-state index < -0.39 is 6.36 Å². The van der Waals surface area contributed by atoms with Crippen molar-refractivity contribution < 1.29 is 17.9 Å². The van der Waals surface area contributed by atoms with Gasteiger partial charge in [0.25, 0.3) is 0 Å². The van der Waals surface area contributed by atoms with E-state index in [0.717, 1.165) is 12.0 Å². The lowest BCUT2D eigenvalue weighted by Gasteiger charge is -2.09. The molecule has 16 heavy (non-hydrogen) atoms. The highest BCUT2D eigenvalue weighted by Crippen LogP contribution is 2.48. The Bertz CT molecular complexity index is 378. The molecule has 1 aliphatic rings. The number of hydrogen-bond acceptors (Lipinski definition) is 1. The van der Waals surface area contributed by atoms with Gasteiger partial charge in [0.15, 0.2) is 0 Å². The summed E-state index contributed by atoms with van der Waals surface area (Å²) in [6.07, 6.45) is -3.69. The highest BCUT2D eigenvalue weighted by Gasteiger charge is 2.38. The zero-order valence-electron chi connectivity index (χ0n) is 8.30. The second-order valence-corrected chi connectivity index (χ2v) is 4.19. The van der Waals surface area contributed by atoms with Crippen LogP contribution < -0.4 is 4.74 Å². The van der Waals surface area contributed by atoms with Crippen molar-refractivity contribution in [2.24, 2.45) is 5.92 Å². The number of halogens is 4. The van der Waals surface area contributed by atoms with E-state index in [1.54, 1.807) is 12.1 Å². The third-order valence-corrected chi connectivity index (χ3v) is 3.04. The van der Waals surface area contributed by atoms with Crippen LogP contribution in [0, 0.1) is 5.92 Å². The van der Waals surface area contributed by atoms with Gasteiger partial charge in [0.2, 0.25) is 0 Å². The van der Waals surface area contributed by atoms with Gasteiger partial charge in [0.1, 0.15) is 5.75 Å².